The first-order valence-electron chi connectivity index (χ1n) is 9.48. The van der Waals surface area contributed by atoms with Gasteiger partial charge in [-0.1, -0.05) is 75.4 Å². The van der Waals surface area contributed by atoms with Crippen LogP contribution in [0, 0.1) is 27.7 Å². The summed E-state index contributed by atoms with van der Waals surface area (Å²) in [5.41, 5.74) is 12.4. The molecule has 0 aromatic heterocycles. The van der Waals surface area contributed by atoms with Crippen molar-refractivity contribution in [3.8, 4) is 22.3 Å². The molecule has 3 aromatic carbocycles. The van der Waals surface area contributed by atoms with Crippen molar-refractivity contribution in [3.63, 3.8) is 0 Å². The van der Waals surface area contributed by atoms with E-state index in [2.05, 4.69) is 103 Å². The molecule has 3 aromatic rings. The van der Waals surface area contributed by atoms with Gasteiger partial charge in [-0.15, -0.1) is 0 Å². The van der Waals surface area contributed by atoms with Gasteiger partial charge >= 0.3 is 0 Å². The van der Waals surface area contributed by atoms with Gasteiger partial charge in [-0.2, -0.15) is 0 Å². The number of rotatable bonds is 2. The maximum Gasteiger partial charge on any atom is -0.0120 e. The van der Waals surface area contributed by atoms with E-state index < -0.39 is 0 Å². The van der Waals surface area contributed by atoms with Crippen molar-refractivity contribution in [1.29, 1.82) is 0 Å². The third-order valence-electron chi connectivity index (χ3n) is 5.32. The van der Waals surface area contributed by atoms with E-state index >= 15 is 0 Å². The van der Waals surface area contributed by atoms with E-state index in [1.54, 1.807) is 0 Å². The minimum atomic E-state index is 0.0510. The van der Waals surface area contributed by atoms with Gasteiger partial charge in [0, 0.05) is 0 Å². The van der Waals surface area contributed by atoms with Crippen molar-refractivity contribution >= 4 is 0 Å². The highest BCUT2D eigenvalue weighted by atomic mass is 14.3. The molecule has 0 fully saturated rings. The molecular weight excluding hydrogens is 312 g/mol. The summed E-state index contributed by atoms with van der Waals surface area (Å²) < 4.78 is 0. The molecule has 0 radical (unpaired) electrons. The van der Waals surface area contributed by atoms with Crippen LogP contribution >= 0.6 is 0 Å². The fourth-order valence-corrected chi connectivity index (χ4v) is 4.26. The molecule has 3 rings (SSSR count). The molecule has 0 heterocycles. The molecule has 0 spiro atoms. The third-order valence-corrected chi connectivity index (χ3v) is 5.32. The van der Waals surface area contributed by atoms with Crippen molar-refractivity contribution in [2.45, 2.75) is 53.9 Å². The van der Waals surface area contributed by atoms with Gasteiger partial charge < -0.3 is 0 Å². The molecule has 26 heavy (non-hydrogen) atoms. The number of aryl methyl sites for hydroxylation is 4. The number of hydrogen-bond donors (Lipinski definition) is 0. The zero-order chi connectivity index (χ0) is 19.1. The lowest BCUT2D eigenvalue weighted by molar-refractivity contribution is 0.593. The number of benzene rings is 3. The summed E-state index contributed by atoms with van der Waals surface area (Å²) >= 11 is 0. The Balaban J connectivity index is 2.43. The molecule has 0 aliphatic carbocycles. The molecular formula is C26H30. The van der Waals surface area contributed by atoms with Crippen molar-refractivity contribution in [1.82, 2.24) is 0 Å². The van der Waals surface area contributed by atoms with Gasteiger partial charge in [-0.25, -0.2) is 0 Å². The van der Waals surface area contributed by atoms with Crippen LogP contribution in [0.25, 0.3) is 22.3 Å². The zero-order valence-corrected chi connectivity index (χ0v) is 17.2. The van der Waals surface area contributed by atoms with Crippen LogP contribution in [0.2, 0.25) is 0 Å². The van der Waals surface area contributed by atoms with E-state index in [1.165, 1.54) is 50.1 Å². The Morgan fingerprint density at radius 1 is 0.500 bits per heavy atom. The first-order valence-corrected chi connectivity index (χ1v) is 9.48. The average Bonchev–Trinajstić information content (AvgIpc) is 2.53. The molecule has 0 amide bonds. The van der Waals surface area contributed by atoms with Gasteiger partial charge in [0.05, 0.1) is 0 Å². The topological polar surface area (TPSA) is 0 Å². The van der Waals surface area contributed by atoms with Gasteiger partial charge in [0.25, 0.3) is 0 Å². The van der Waals surface area contributed by atoms with Crippen LogP contribution in [0.15, 0.2) is 54.6 Å². The Bertz CT molecular complexity index is 842. The van der Waals surface area contributed by atoms with Crippen molar-refractivity contribution in [3.05, 3.63) is 82.4 Å². The minimum Gasteiger partial charge on any atom is -0.0617 e. The fraction of sp³-hybridized carbons (Fsp3) is 0.308. The molecule has 0 atom stereocenters. The number of hydrogen-bond acceptors (Lipinski definition) is 0. The lowest BCUT2D eigenvalue weighted by Gasteiger charge is -2.29. The molecule has 0 aliphatic heterocycles. The SMILES string of the molecule is Cc1cccc(C)c1-c1cccc(-c2c(C)cccc2C)c1C(C)(C)C. The van der Waals surface area contributed by atoms with E-state index in [9.17, 15) is 0 Å². The van der Waals surface area contributed by atoms with Gasteiger partial charge in [0.15, 0.2) is 0 Å². The third kappa shape index (κ3) is 3.21. The van der Waals surface area contributed by atoms with Crippen molar-refractivity contribution in [2.75, 3.05) is 0 Å². The van der Waals surface area contributed by atoms with Crippen LogP contribution in [-0.4, -0.2) is 0 Å². The molecule has 134 valence electrons. The summed E-state index contributed by atoms with van der Waals surface area (Å²) in [4.78, 5) is 0. The highest BCUT2D eigenvalue weighted by Gasteiger charge is 2.25. The quantitative estimate of drug-likeness (QED) is 0.451. The van der Waals surface area contributed by atoms with E-state index in [4.69, 9.17) is 0 Å². The summed E-state index contributed by atoms with van der Waals surface area (Å²) in [6, 6.07) is 20.0. The predicted molar refractivity (Wildman–Crippen MR) is 115 cm³/mol. The Morgan fingerprint density at radius 3 is 1.12 bits per heavy atom. The van der Waals surface area contributed by atoms with E-state index in [0.29, 0.717) is 0 Å². The second-order valence-electron chi connectivity index (χ2n) is 8.51. The Morgan fingerprint density at radius 2 is 0.808 bits per heavy atom. The summed E-state index contributed by atoms with van der Waals surface area (Å²) in [6.45, 7) is 15.9. The largest absolute Gasteiger partial charge is 0.0617 e. The first-order chi connectivity index (χ1) is 12.2. The first kappa shape index (κ1) is 18.5. The van der Waals surface area contributed by atoms with Crippen LogP contribution in [0.4, 0.5) is 0 Å². The average molecular weight is 343 g/mol. The molecule has 0 N–H and O–H groups in total. The molecule has 0 nitrogen and oxygen atoms in total. The molecule has 0 bridgehead atoms. The summed E-state index contributed by atoms with van der Waals surface area (Å²) in [6.07, 6.45) is 0. The van der Waals surface area contributed by atoms with E-state index in [1.807, 2.05) is 0 Å². The van der Waals surface area contributed by atoms with Gasteiger partial charge in [-0.3, -0.25) is 0 Å². The van der Waals surface area contributed by atoms with Crippen molar-refractivity contribution in [2.24, 2.45) is 0 Å². The second-order valence-corrected chi connectivity index (χ2v) is 8.51. The fourth-order valence-electron chi connectivity index (χ4n) is 4.26. The smallest absolute Gasteiger partial charge is 0.0120 e. The second kappa shape index (κ2) is 6.76. The maximum absolute atomic E-state index is 2.33. The maximum atomic E-state index is 2.33. The lowest BCUT2D eigenvalue weighted by atomic mass is 9.75. The lowest BCUT2D eigenvalue weighted by Crippen LogP contribution is -2.15. The zero-order valence-electron chi connectivity index (χ0n) is 17.2. The van der Waals surface area contributed by atoms with E-state index in [-0.39, 0.29) is 5.41 Å². The highest BCUT2D eigenvalue weighted by Crippen LogP contribution is 2.43. The summed E-state index contributed by atoms with van der Waals surface area (Å²) in [5, 5.41) is 0. The normalized spacial score (nSPS) is 11.7. The molecule has 0 unspecified atom stereocenters. The van der Waals surface area contributed by atoms with Crippen molar-refractivity contribution < 1.29 is 0 Å². The van der Waals surface area contributed by atoms with Gasteiger partial charge in [0.2, 0.25) is 0 Å². The monoisotopic (exact) mass is 342 g/mol. The Kier molecular flexibility index (Phi) is 4.80. The molecule has 0 saturated carbocycles. The standard InChI is InChI=1S/C26H30/c1-17-11-8-12-18(2)23(17)21-15-10-16-22(25(21)26(5,6)7)24-19(3)13-9-14-20(24)4/h8-16H,1-7H3. The highest BCUT2D eigenvalue weighted by molar-refractivity contribution is 5.84. The molecule has 0 aliphatic rings. The Labute approximate surface area is 158 Å². The summed E-state index contributed by atoms with van der Waals surface area (Å²) in [5.74, 6) is 0. The summed E-state index contributed by atoms with van der Waals surface area (Å²) in [7, 11) is 0. The van der Waals surface area contributed by atoms with Crippen LogP contribution in [0.1, 0.15) is 48.6 Å². The predicted octanol–water partition coefficient (Wildman–Crippen LogP) is 7.55. The van der Waals surface area contributed by atoms with Gasteiger partial charge in [0.1, 0.15) is 0 Å². The molecule has 0 heteroatoms. The minimum absolute atomic E-state index is 0.0510. The Hall–Kier alpha value is -2.34. The van der Waals surface area contributed by atoms with Crippen LogP contribution in [-0.2, 0) is 5.41 Å². The van der Waals surface area contributed by atoms with Crippen LogP contribution in [0.5, 0.6) is 0 Å². The van der Waals surface area contributed by atoms with Gasteiger partial charge in [-0.05, 0) is 83.2 Å². The van der Waals surface area contributed by atoms with E-state index in [0.717, 1.165) is 0 Å². The molecule has 0 saturated heterocycles. The van der Waals surface area contributed by atoms with Crippen LogP contribution < -0.4 is 0 Å². The van der Waals surface area contributed by atoms with Crippen LogP contribution in [0.3, 0.4) is 0 Å².